The first-order valence-electron chi connectivity index (χ1n) is 14.4. The van der Waals surface area contributed by atoms with Crippen molar-refractivity contribution in [2.45, 2.75) is 116 Å². The van der Waals surface area contributed by atoms with Crippen LogP contribution in [0.25, 0.3) is 0 Å². The topological polar surface area (TPSA) is 94.1 Å². The first kappa shape index (κ1) is 36.1. The van der Waals surface area contributed by atoms with Gasteiger partial charge in [-0.05, 0) is 18.9 Å². The van der Waals surface area contributed by atoms with E-state index in [9.17, 15) is 14.3 Å². The first-order chi connectivity index (χ1) is 17.6. The van der Waals surface area contributed by atoms with Crippen molar-refractivity contribution in [3.63, 3.8) is 0 Å². The minimum atomic E-state index is -4.48. The van der Waals surface area contributed by atoms with E-state index in [-0.39, 0.29) is 19.8 Å². The van der Waals surface area contributed by atoms with E-state index in [1.165, 1.54) is 90.4 Å². The molecule has 9 heteroatoms. The number of phosphoric acid groups is 1. The third-order valence-corrected chi connectivity index (χ3v) is 6.93. The molecule has 0 amide bonds. The second-order valence-electron chi connectivity index (χ2n) is 10.9. The molecule has 0 bridgehead atoms. The molecule has 0 rings (SSSR count). The SMILES string of the molecule is CCCCCCCCCCCCCCCCC=COC[C@H](COP(=O)([O-])OCC[N+](C)(C)C)OC(C)=O. The molecule has 2 atom stereocenters. The number of carbonyl (C=O) groups is 1. The molecule has 0 saturated heterocycles. The van der Waals surface area contributed by atoms with Crippen LogP contribution >= 0.6 is 7.82 Å². The average Bonchev–Trinajstić information content (AvgIpc) is 2.80. The molecule has 37 heavy (non-hydrogen) atoms. The Labute approximate surface area is 227 Å². The van der Waals surface area contributed by atoms with E-state index < -0.39 is 19.9 Å². The van der Waals surface area contributed by atoms with Crippen molar-refractivity contribution in [2.75, 3.05) is 47.5 Å². The Bertz CT molecular complexity index is 622. The van der Waals surface area contributed by atoms with Crippen molar-refractivity contribution < 1.29 is 37.3 Å². The predicted octanol–water partition coefficient (Wildman–Crippen LogP) is 6.53. The Morgan fingerprint density at radius 1 is 0.838 bits per heavy atom. The van der Waals surface area contributed by atoms with Crippen molar-refractivity contribution in [1.29, 1.82) is 0 Å². The Morgan fingerprint density at radius 2 is 1.35 bits per heavy atom. The van der Waals surface area contributed by atoms with Gasteiger partial charge in [0.05, 0.1) is 34.0 Å². The average molecular weight is 550 g/mol. The van der Waals surface area contributed by atoms with Crippen molar-refractivity contribution in [2.24, 2.45) is 0 Å². The van der Waals surface area contributed by atoms with Crippen molar-refractivity contribution in [1.82, 2.24) is 0 Å². The summed E-state index contributed by atoms with van der Waals surface area (Å²) in [6.45, 7) is 3.70. The summed E-state index contributed by atoms with van der Waals surface area (Å²) in [5.74, 6) is -0.532. The van der Waals surface area contributed by atoms with Crippen LogP contribution in [0.4, 0.5) is 0 Å². The Morgan fingerprint density at radius 3 is 1.84 bits per heavy atom. The minimum absolute atomic E-state index is 0.00764. The number of nitrogens with zero attached hydrogens (tertiary/aromatic N) is 1. The lowest BCUT2D eigenvalue weighted by molar-refractivity contribution is -0.870. The van der Waals surface area contributed by atoms with Crippen LogP contribution in [0.1, 0.15) is 110 Å². The lowest BCUT2D eigenvalue weighted by Crippen LogP contribution is -2.37. The second kappa shape index (κ2) is 23.0. The molecule has 8 nitrogen and oxygen atoms in total. The summed E-state index contributed by atoms with van der Waals surface area (Å²) in [7, 11) is 1.32. The fourth-order valence-electron chi connectivity index (χ4n) is 3.74. The van der Waals surface area contributed by atoms with E-state index in [4.69, 9.17) is 18.5 Å². The normalized spacial score (nSPS) is 14.5. The van der Waals surface area contributed by atoms with E-state index in [0.717, 1.165) is 12.8 Å². The second-order valence-corrected chi connectivity index (χ2v) is 12.3. The van der Waals surface area contributed by atoms with Crippen LogP contribution in [0.5, 0.6) is 0 Å². The smallest absolute Gasteiger partial charge is 0.303 e. The van der Waals surface area contributed by atoms with Gasteiger partial charge in [0, 0.05) is 6.92 Å². The lowest BCUT2D eigenvalue weighted by Gasteiger charge is -2.28. The highest BCUT2D eigenvalue weighted by Crippen LogP contribution is 2.38. The van der Waals surface area contributed by atoms with Gasteiger partial charge in [-0.25, -0.2) is 0 Å². The molecule has 0 spiro atoms. The van der Waals surface area contributed by atoms with Crippen molar-refractivity contribution in [3.05, 3.63) is 12.3 Å². The Balaban J connectivity index is 3.81. The maximum absolute atomic E-state index is 11.9. The molecule has 0 aliphatic carbocycles. The van der Waals surface area contributed by atoms with E-state index in [0.29, 0.717) is 11.0 Å². The predicted molar refractivity (Wildman–Crippen MR) is 148 cm³/mol. The number of hydrogen-bond acceptors (Lipinski definition) is 7. The number of allylic oxidation sites excluding steroid dienone is 1. The van der Waals surface area contributed by atoms with Crippen molar-refractivity contribution in [3.8, 4) is 0 Å². The van der Waals surface area contributed by atoms with Crippen LogP contribution in [0.2, 0.25) is 0 Å². The van der Waals surface area contributed by atoms with Crippen LogP contribution < -0.4 is 4.89 Å². The maximum Gasteiger partial charge on any atom is 0.303 e. The number of unbranched alkanes of at least 4 members (excludes halogenated alkanes) is 14. The van der Waals surface area contributed by atoms with E-state index >= 15 is 0 Å². The molecule has 0 heterocycles. The van der Waals surface area contributed by atoms with E-state index in [1.54, 1.807) is 6.26 Å². The van der Waals surface area contributed by atoms with Crippen LogP contribution in [-0.2, 0) is 27.9 Å². The first-order valence-corrected chi connectivity index (χ1v) is 15.9. The fourth-order valence-corrected chi connectivity index (χ4v) is 4.47. The van der Waals surface area contributed by atoms with Gasteiger partial charge in [-0.15, -0.1) is 0 Å². The molecule has 0 aliphatic heterocycles. The van der Waals surface area contributed by atoms with Gasteiger partial charge in [0.1, 0.15) is 19.8 Å². The van der Waals surface area contributed by atoms with Crippen molar-refractivity contribution >= 4 is 13.8 Å². The number of rotatable bonds is 26. The van der Waals surface area contributed by atoms with Gasteiger partial charge >= 0.3 is 5.97 Å². The summed E-state index contributed by atoms with van der Waals surface area (Å²) < 4.78 is 32.8. The number of phosphoric ester groups is 1. The van der Waals surface area contributed by atoms with Gasteiger partial charge in [0.2, 0.25) is 0 Å². The third-order valence-electron chi connectivity index (χ3n) is 5.96. The van der Waals surface area contributed by atoms with Crippen LogP contribution in [0.15, 0.2) is 12.3 Å². The molecule has 0 aromatic rings. The molecular formula is C28H56NO7P. The Kier molecular flexibility index (Phi) is 22.4. The number of quaternary nitrogens is 1. The van der Waals surface area contributed by atoms with Crippen LogP contribution in [-0.4, -0.2) is 64.1 Å². The van der Waals surface area contributed by atoms with E-state index in [2.05, 4.69) is 6.92 Å². The van der Waals surface area contributed by atoms with E-state index in [1.807, 2.05) is 27.2 Å². The van der Waals surface area contributed by atoms with Gasteiger partial charge in [-0.3, -0.25) is 9.36 Å². The monoisotopic (exact) mass is 549 g/mol. The van der Waals surface area contributed by atoms with Crippen LogP contribution in [0, 0.1) is 0 Å². The highest BCUT2D eigenvalue weighted by molar-refractivity contribution is 7.45. The number of carbonyl (C=O) groups excluding carboxylic acids is 1. The van der Waals surface area contributed by atoms with Gasteiger partial charge in [0.15, 0.2) is 6.10 Å². The van der Waals surface area contributed by atoms with Crippen LogP contribution in [0.3, 0.4) is 0 Å². The summed E-state index contributed by atoms with van der Waals surface area (Å²) in [5.41, 5.74) is 0. The third kappa shape index (κ3) is 27.9. The largest absolute Gasteiger partial charge is 0.756 e. The molecule has 1 unspecified atom stereocenters. The quantitative estimate of drug-likeness (QED) is 0.0398. The van der Waals surface area contributed by atoms with Gasteiger partial charge in [0.25, 0.3) is 7.82 Å². The molecular weight excluding hydrogens is 493 g/mol. The summed E-state index contributed by atoms with van der Waals surface area (Å²) >= 11 is 0. The summed E-state index contributed by atoms with van der Waals surface area (Å²) in [4.78, 5) is 23.3. The number of likely N-dealkylation sites (N-methyl/N-ethyl adjacent to an activating group) is 1. The summed E-state index contributed by atoms with van der Waals surface area (Å²) in [6.07, 6.45) is 22.3. The fraction of sp³-hybridized carbons (Fsp3) is 0.893. The molecule has 220 valence electrons. The zero-order chi connectivity index (χ0) is 27.8. The minimum Gasteiger partial charge on any atom is -0.756 e. The zero-order valence-corrected chi connectivity index (χ0v) is 25.3. The zero-order valence-electron chi connectivity index (χ0n) is 24.4. The molecule has 0 N–H and O–H groups in total. The number of esters is 1. The number of hydrogen-bond donors (Lipinski definition) is 0. The molecule has 0 aromatic heterocycles. The van der Waals surface area contributed by atoms with Gasteiger partial charge < -0.3 is 27.9 Å². The standard InChI is InChI=1S/C28H56NO7P/c1-6-7-8-9-10-11-12-13-14-15-16-17-18-19-20-21-23-33-25-28(36-27(2)30)26-35-37(31,32)34-24-22-29(3,4)5/h21,23,28H,6-20,22,24-26H2,1-5H3/t28-/m1/s1. The van der Waals surface area contributed by atoms with Gasteiger partial charge in [-0.2, -0.15) is 0 Å². The highest BCUT2D eigenvalue weighted by Gasteiger charge is 2.19. The molecule has 0 fully saturated rings. The molecule has 0 saturated carbocycles. The Hall–Kier alpha value is -0.920. The lowest BCUT2D eigenvalue weighted by atomic mass is 10.0. The number of ether oxygens (including phenoxy) is 2. The van der Waals surface area contributed by atoms with Gasteiger partial charge in [-0.1, -0.05) is 90.4 Å². The maximum atomic E-state index is 11.9. The summed E-state index contributed by atoms with van der Waals surface area (Å²) in [6, 6.07) is 0. The highest BCUT2D eigenvalue weighted by atomic mass is 31.2. The molecule has 0 radical (unpaired) electrons. The molecule has 0 aliphatic rings. The molecule has 0 aromatic carbocycles. The summed E-state index contributed by atoms with van der Waals surface area (Å²) in [5, 5.41) is 0.